The normalized spacial score (nSPS) is 15.0. The minimum atomic E-state index is 0.126. The van der Waals surface area contributed by atoms with Crippen LogP contribution in [0.5, 0.6) is 0 Å². The summed E-state index contributed by atoms with van der Waals surface area (Å²) in [6.07, 6.45) is 11.2. The summed E-state index contributed by atoms with van der Waals surface area (Å²) < 4.78 is 1.77. The molecule has 0 saturated carbocycles. The van der Waals surface area contributed by atoms with Gasteiger partial charge in [0.15, 0.2) is 0 Å². The summed E-state index contributed by atoms with van der Waals surface area (Å²) in [5.74, 6) is 0.126. The first-order valence-electron chi connectivity index (χ1n) is 7.98. The van der Waals surface area contributed by atoms with Crippen LogP contribution in [0.2, 0.25) is 0 Å². The summed E-state index contributed by atoms with van der Waals surface area (Å²) in [4.78, 5) is 16.8. The Morgan fingerprint density at radius 2 is 2.09 bits per heavy atom. The number of carbonyl (C=O) groups excluding carboxylic acids is 1. The van der Waals surface area contributed by atoms with Crippen LogP contribution >= 0.6 is 11.3 Å². The maximum Gasteiger partial charge on any atom is 0.263 e. The van der Waals surface area contributed by atoms with Crippen molar-refractivity contribution >= 4 is 17.2 Å². The van der Waals surface area contributed by atoms with Gasteiger partial charge in [-0.05, 0) is 37.3 Å². The number of aryl methyl sites for hydroxylation is 3. The third-order valence-electron chi connectivity index (χ3n) is 4.23. The van der Waals surface area contributed by atoms with Crippen LogP contribution in [0.25, 0.3) is 0 Å². The van der Waals surface area contributed by atoms with Crippen LogP contribution in [0, 0.1) is 0 Å². The van der Waals surface area contributed by atoms with E-state index in [-0.39, 0.29) is 5.91 Å². The minimum absolute atomic E-state index is 0.126. The average Bonchev–Trinajstić information content (AvgIpc) is 3.04. The van der Waals surface area contributed by atoms with Gasteiger partial charge in [-0.25, -0.2) is 0 Å². The first kappa shape index (κ1) is 15.3. The molecular formula is C17H23N3OS. The monoisotopic (exact) mass is 317 g/mol. The molecule has 1 aliphatic rings. The van der Waals surface area contributed by atoms with Crippen molar-refractivity contribution < 1.29 is 4.79 Å². The van der Waals surface area contributed by atoms with Crippen molar-refractivity contribution in [2.24, 2.45) is 7.05 Å². The molecule has 1 aliphatic carbocycles. The zero-order valence-corrected chi connectivity index (χ0v) is 14.2. The predicted octanol–water partition coefficient (Wildman–Crippen LogP) is 3.41. The van der Waals surface area contributed by atoms with Gasteiger partial charge in [0, 0.05) is 37.3 Å². The lowest BCUT2D eigenvalue weighted by atomic mass is 10.00. The van der Waals surface area contributed by atoms with E-state index < -0.39 is 0 Å². The molecule has 0 radical (unpaired) electrons. The van der Waals surface area contributed by atoms with Gasteiger partial charge in [0.1, 0.15) is 0 Å². The van der Waals surface area contributed by atoms with Gasteiger partial charge in [-0.15, -0.1) is 11.3 Å². The van der Waals surface area contributed by atoms with Crippen LogP contribution in [0.3, 0.4) is 0 Å². The summed E-state index contributed by atoms with van der Waals surface area (Å²) in [5, 5.41) is 4.16. The molecule has 0 saturated heterocycles. The number of aromatic nitrogens is 2. The Bertz CT molecular complexity index is 633. The van der Waals surface area contributed by atoms with Gasteiger partial charge >= 0.3 is 0 Å². The molecule has 1 amide bonds. The first-order chi connectivity index (χ1) is 10.6. The molecule has 118 valence electrons. The Morgan fingerprint density at radius 3 is 2.82 bits per heavy atom. The zero-order chi connectivity index (χ0) is 15.5. The number of hydrogen-bond donors (Lipinski definition) is 0. The fourth-order valence-corrected chi connectivity index (χ4v) is 4.29. The van der Waals surface area contributed by atoms with E-state index >= 15 is 0 Å². The van der Waals surface area contributed by atoms with Crippen LogP contribution in [0.1, 0.15) is 51.4 Å². The predicted molar refractivity (Wildman–Crippen MR) is 89.2 cm³/mol. The van der Waals surface area contributed by atoms with Crippen molar-refractivity contribution in [3.05, 3.63) is 39.3 Å². The van der Waals surface area contributed by atoms with Gasteiger partial charge in [0.25, 0.3) is 5.91 Å². The average molecular weight is 317 g/mol. The molecular weight excluding hydrogens is 294 g/mol. The van der Waals surface area contributed by atoms with E-state index in [0.29, 0.717) is 6.54 Å². The number of carbonyl (C=O) groups is 1. The molecule has 0 N–H and O–H groups in total. The maximum absolute atomic E-state index is 12.7. The van der Waals surface area contributed by atoms with Gasteiger partial charge in [-0.1, -0.05) is 12.8 Å². The molecule has 3 rings (SSSR count). The Balaban J connectivity index is 1.72. The topological polar surface area (TPSA) is 38.1 Å². The molecule has 0 unspecified atom stereocenters. The molecule has 4 nitrogen and oxygen atoms in total. The SMILES string of the molecule is CN(Cc1cnn(C)c1)C(=O)c1cc2c(s1)CCCCCC2. The Labute approximate surface area is 135 Å². The maximum atomic E-state index is 12.7. The van der Waals surface area contributed by atoms with Gasteiger partial charge in [0.05, 0.1) is 11.1 Å². The highest BCUT2D eigenvalue weighted by Gasteiger charge is 2.19. The molecule has 0 bridgehead atoms. The lowest BCUT2D eigenvalue weighted by molar-refractivity contribution is 0.0790. The number of fused-ring (bicyclic) bond motifs is 1. The number of hydrogen-bond acceptors (Lipinski definition) is 3. The molecule has 0 aliphatic heterocycles. The summed E-state index contributed by atoms with van der Waals surface area (Å²) in [6, 6.07) is 2.13. The second-order valence-electron chi connectivity index (χ2n) is 6.16. The fourth-order valence-electron chi connectivity index (χ4n) is 3.04. The largest absolute Gasteiger partial charge is 0.337 e. The number of nitrogens with zero attached hydrogens (tertiary/aromatic N) is 3. The third-order valence-corrected chi connectivity index (χ3v) is 5.46. The standard InChI is InChI=1S/C17H23N3OS/c1-19(11-13-10-18-20(2)12-13)17(21)16-9-14-7-5-3-4-6-8-15(14)22-16/h9-10,12H,3-8,11H2,1-2H3. The van der Waals surface area contributed by atoms with Crippen LogP contribution in [0.15, 0.2) is 18.5 Å². The summed E-state index contributed by atoms with van der Waals surface area (Å²) in [7, 11) is 3.76. The highest BCUT2D eigenvalue weighted by atomic mass is 32.1. The summed E-state index contributed by atoms with van der Waals surface area (Å²) >= 11 is 1.70. The second-order valence-corrected chi connectivity index (χ2v) is 7.29. The van der Waals surface area contributed by atoms with E-state index in [9.17, 15) is 4.79 Å². The Kier molecular flexibility index (Phi) is 4.62. The third kappa shape index (κ3) is 3.40. The lowest BCUT2D eigenvalue weighted by Crippen LogP contribution is -2.25. The minimum Gasteiger partial charge on any atom is -0.337 e. The number of amides is 1. The van der Waals surface area contributed by atoms with Gasteiger partial charge in [0.2, 0.25) is 0 Å². The highest BCUT2D eigenvalue weighted by molar-refractivity contribution is 7.14. The molecule has 2 heterocycles. The van der Waals surface area contributed by atoms with Gasteiger partial charge in [-0.3, -0.25) is 9.48 Å². The molecule has 0 spiro atoms. The van der Waals surface area contributed by atoms with E-state index in [1.54, 1.807) is 20.9 Å². The van der Waals surface area contributed by atoms with Crippen LogP contribution < -0.4 is 0 Å². The lowest BCUT2D eigenvalue weighted by Gasteiger charge is -2.14. The zero-order valence-electron chi connectivity index (χ0n) is 13.3. The number of rotatable bonds is 3. The van der Waals surface area contributed by atoms with Gasteiger partial charge < -0.3 is 4.90 Å². The second kappa shape index (κ2) is 6.65. The van der Waals surface area contributed by atoms with E-state index in [0.717, 1.165) is 23.3 Å². The van der Waals surface area contributed by atoms with Crippen LogP contribution in [-0.2, 0) is 26.4 Å². The molecule has 0 fully saturated rings. The highest BCUT2D eigenvalue weighted by Crippen LogP contribution is 2.29. The van der Waals surface area contributed by atoms with E-state index in [4.69, 9.17) is 0 Å². The van der Waals surface area contributed by atoms with Crippen molar-refractivity contribution in [3.63, 3.8) is 0 Å². The molecule has 0 aromatic carbocycles. The van der Waals surface area contributed by atoms with E-state index in [2.05, 4.69) is 11.2 Å². The number of thiophene rings is 1. The molecule has 2 aromatic heterocycles. The molecule has 2 aromatic rings. The van der Waals surface area contributed by atoms with E-state index in [1.165, 1.54) is 36.1 Å². The summed E-state index contributed by atoms with van der Waals surface area (Å²) in [6.45, 7) is 0.606. The van der Waals surface area contributed by atoms with Crippen molar-refractivity contribution in [2.75, 3.05) is 7.05 Å². The molecule has 0 atom stereocenters. The quantitative estimate of drug-likeness (QED) is 0.870. The molecule has 5 heteroatoms. The van der Waals surface area contributed by atoms with Crippen LogP contribution in [0.4, 0.5) is 0 Å². The van der Waals surface area contributed by atoms with E-state index in [1.807, 2.05) is 26.5 Å². The Hall–Kier alpha value is -1.62. The fraction of sp³-hybridized carbons (Fsp3) is 0.529. The van der Waals surface area contributed by atoms with Gasteiger partial charge in [-0.2, -0.15) is 5.10 Å². The molecule has 22 heavy (non-hydrogen) atoms. The van der Waals surface area contributed by atoms with Crippen molar-refractivity contribution in [1.29, 1.82) is 0 Å². The smallest absolute Gasteiger partial charge is 0.263 e. The Morgan fingerprint density at radius 1 is 1.32 bits per heavy atom. The van der Waals surface area contributed by atoms with Crippen LogP contribution in [-0.4, -0.2) is 27.6 Å². The summed E-state index contributed by atoms with van der Waals surface area (Å²) in [5.41, 5.74) is 2.47. The van der Waals surface area contributed by atoms with Crippen molar-refractivity contribution in [2.45, 2.75) is 45.1 Å². The van der Waals surface area contributed by atoms with Crippen molar-refractivity contribution in [3.8, 4) is 0 Å². The van der Waals surface area contributed by atoms with Crippen molar-refractivity contribution in [1.82, 2.24) is 14.7 Å². The first-order valence-corrected chi connectivity index (χ1v) is 8.79.